The van der Waals surface area contributed by atoms with Crippen molar-refractivity contribution in [3.8, 4) is 0 Å². The molecule has 1 aromatic heterocycles. The van der Waals surface area contributed by atoms with E-state index in [4.69, 9.17) is 15.0 Å². The van der Waals surface area contributed by atoms with Crippen LogP contribution in [-0.4, -0.2) is 29.0 Å². The van der Waals surface area contributed by atoms with Crippen molar-refractivity contribution in [2.24, 2.45) is 0 Å². The molecule has 184 valence electrons. The molecule has 37 heavy (non-hydrogen) atoms. The number of hydrogen-bond donors (Lipinski definition) is 0. The van der Waals surface area contributed by atoms with Gasteiger partial charge in [0.15, 0.2) is 0 Å². The Labute approximate surface area is 218 Å². The molecular formula is C31H30N6. The largest absolute Gasteiger partial charge is 0.313 e. The summed E-state index contributed by atoms with van der Waals surface area (Å²) in [4.78, 5) is 20.9. The van der Waals surface area contributed by atoms with Crippen molar-refractivity contribution in [3.05, 3.63) is 120 Å². The monoisotopic (exact) mass is 486 g/mol. The number of hydrogen-bond acceptors (Lipinski definition) is 6. The van der Waals surface area contributed by atoms with E-state index in [9.17, 15) is 0 Å². The molecule has 0 bridgehead atoms. The van der Waals surface area contributed by atoms with Gasteiger partial charge < -0.3 is 9.80 Å². The summed E-state index contributed by atoms with van der Waals surface area (Å²) in [5.74, 6) is 1.65. The Balaban J connectivity index is 1.68. The first kappa shape index (κ1) is 24.0. The minimum Gasteiger partial charge on any atom is -0.313 e. The highest BCUT2D eigenvalue weighted by atomic mass is 15.4. The van der Waals surface area contributed by atoms with Crippen LogP contribution in [0.5, 0.6) is 0 Å². The summed E-state index contributed by atoms with van der Waals surface area (Å²) < 4.78 is 0. The molecule has 0 atom stereocenters. The number of nitrogens with zero attached hydrogens (tertiary/aromatic N) is 6. The molecule has 4 aromatic carbocycles. The molecule has 5 aromatic rings. The summed E-state index contributed by atoms with van der Waals surface area (Å²) in [6.07, 6.45) is 0. The van der Waals surface area contributed by atoms with Crippen LogP contribution in [0.3, 0.4) is 0 Å². The third-order valence-electron chi connectivity index (χ3n) is 6.27. The number of rotatable bonds is 7. The third kappa shape index (κ3) is 5.28. The molecule has 0 amide bonds. The molecule has 1 heterocycles. The van der Waals surface area contributed by atoms with E-state index in [0.717, 1.165) is 22.7 Å². The van der Waals surface area contributed by atoms with Crippen LogP contribution in [-0.2, 0) is 0 Å². The maximum absolute atomic E-state index is 4.98. The van der Waals surface area contributed by atoms with Crippen molar-refractivity contribution in [1.29, 1.82) is 0 Å². The van der Waals surface area contributed by atoms with Crippen LogP contribution in [0, 0.1) is 13.8 Å². The quantitative estimate of drug-likeness (QED) is 0.237. The predicted octanol–water partition coefficient (Wildman–Crippen LogP) is 7.49. The Hall–Kier alpha value is -4.71. The lowest BCUT2D eigenvalue weighted by molar-refractivity contribution is 0.936. The zero-order valence-corrected chi connectivity index (χ0v) is 21.6. The molecule has 0 radical (unpaired) electrons. The summed E-state index contributed by atoms with van der Waals surface area (Å²) in [7, 11) is 3.96. The van der Waals surface area contributed by atoms with E-state index in [1.165, 1.54) is 11.1 Å². The average Bonchev–Trinajstić information content (AvgIpc) is 2.94. The van der Waals surface area contributed by atoms with Gasteiger partial charge in [0, 0.05) is 36.8 Å². The molecular weight excluding hydrogens is 456 g/mol. The van der Waals surface area contributed by atoms with E-state index in [2.05, 4.69) is 91.5 Å². The van der Waals surface area contributed by atoms with Gasteiger partial charge >= 0.3 is 0 Å². The fourth-order valence-corrected chi connectivity index (χ4v) is 4.05. The van der Waals surface area contributed by atoms with Gasteiger partial charge in [-0.25, -0.2) is 0 Å². The zero-order valence-electron chi connectivity index (χ0n) is 21.6. The van der Waals surface area contributed by atoms with Crippen LogP contribution in [0.2, 0.25) is 0 Å². The number of para-hydroxylation sites is 2. The Kier molecular flexibility index (Phi) is 6.81. The van der Waals surface area contributed by atoms with E-state index in [1.807, 2.05) is 60.3 Å². The van der Waals surface area contributed by atoms with Gasteiger partial charge in [-0.2, -0.15) is 15.0 Å². The van der Waals surface area contributed by atoms with Gasteiger partial charge in [-0.1, -0.05) is 71.8 Å². The molecule has 0 fully saturated rings. The molecule has 0 aliphatic carbocycles. The SMILES string of the molecule is Cc1ccc(N(C)c2nc(N(C)c3ccc(C)cc3)nc(N(c3ccccc3)c3ccccc3)n2)cc1. The van der Waals surface area contributed by atoms with Crippen LogP contribution in [0.25, 0.3) is 0 Å². The molecule has 0 aliphatic heterocycles. The zero-order chi connectivity index (χ0) is 25.8. The van der Waals surface area contributed by atoms with Crippen LogP contribution < -0.4 is 14.7 Å². The highest BCUT2D eigenvalue weighted by Gasteiger charge is 2.21. The molecule has 0 spiro atoms. The van der Waals surface area contributed by atoms with Crippen molar-refractivity contribution < 1.29 is 0 Å². The number of aromatic nitrogens is 3. The highest BCUT2D eigenvalue weighted by Crippen LogP contribution is 2.35. The van der Waals surface area contributed by atoms with Crippen molar-refractivity contribution in [2.75, 3.05) is 28.8 Å². The van der Waals surface area contributed by atoms with Gasteiger partial charge in [-0.3, -0.25) is 4.90 Å². The Morgan fingerprint density at radius 1 is 0.405 bits per heavy atom. The topological polar surface area (TPSA) is 48.4 Å². The lowest BCUT2D eigenvalue weighted by Gasteiger charge is -2.27. The van der Waals surface area contributed by atoms with Gasteiger partial charge in [0.1, 0.15) is 0 Å². The average molecular weight is 487 g/mol. The second-order valence-electron chi connectivity index (χ2n) is 9.03. The maximum Gasteiger partial charge on any atom is 0.241 e. The van der Waals surface area contributed by atoms with E-state index < -0.39 is 0 Å². The minimum atomic E-state index is 0.537. The van der Waals surface area contributed by atoms with E-state index >= 15 is 0 Å². The van der Waals surface area contributed by atoms with Gasteiger partial charge in [0.25, 0.3) is 0 Å². The molecule has 0 unspecified atom stereocenters. The summed E-state index contributed by atoms with van der Waals surface area (Å²) in [6, 6.07) is 37.0. The predicted molar refractivity (Wildman–Crippen MR) is 153 cm³/mol. The third-order valence-corrected chi connectivity index (χ3v) is 6.27. The summed E-state index contributed by atoms with van der Waals surface area (Å²) in [5.41, 5.74) is 6.33. The second kappa shape index (κ2) is 10.5. The lowest BCUT2D eigenvalue weighted by Crippen LogP contribution is -2.22. The van der Waals surface area contributed by atoms with Crippen LogP contribution in [0.15, 0.2) is 109 Å². The van der Waals surface area contributed by atoms with E-state index in [0.29, 0.717) is 17.8 Å². The normalized spacial score (nSPS) is 10.7. The molecule has 0 saturated carbocycles. The first-order chi connectivity index (χ1) is 18.0. The second-order valence-corrected chi connectivity index (χ2v) is 9.03. The van der Waals surface area contributed by atoms with Crippen molar-refractivity contribution in [3.63, 3.8) is 0 Å². The fourth-order valence-electron chi connectivity index (χ4n) is 4.05. The van der Waals surface area contributed by atoms with E-state index in [-0.39, 0.29) is 0 Å². The maximum atomic E-state index is 4.98. The molecule has 6 heteroatoms. The number of anilines is 7. The van der Waals surface area contributed by atoms with Gasteiger partial charge in [0.05, 0.1) is 0 Å². The van der Waals surface area contributed by atoms with Gasteiger partial charge in [-0.05, 0) is 62.4 Å². The van der Waals surface area contributed by atoms with Crippen LogP contribution in [0.1, 0.15) is 11.1 Å². The number of aryl methyl sites for hydroxylation is 2. The number of benzene rings is 4. The fraction of sp³-hybridized carbons (Fsp3) is 0.129. The first-order valence-electron chi connectivity index (χ1n) is 12.3. The van der Waals surface area contributed by atoms with Crippen LogP contribution in [0.4, 0.5) is 40.6 Å². The van der Waals surface area contributed by atoms with Crippen molar-refractivity contribution >= 4 is 40.6 Å². The Morgan fingerprint density at radius 2 is 0.757 bits per heavy atom. The van der Waals surface area contributed by atoms with E-state index in [1.54, 1.807) is 0 Å². The Morgan fingerprint density at radius 3 is 1.14 bits per heavy atom. The molecule has 6 nitrogen and oxygen atoms in total. The molecule has 0 aliphatic rings. The lowest BCUT2D eigenvalue weighted by atomic mass is 10.2. The first-order valence-corrected chi connectivity index (χ1v) is 12.3. The molecule has 0 N–H and O–H groups in total. The smallest absolute Gasteiger partial charge is 0.241 e. The summed E-state index contributed by atoms with van der Waals surface area (Å²) >= 11 is 0. The minimum absolute atomic E-state index is 0.537. The van der Waals surface area contributed by atoms with Crippen molar-refractivity contribution in [1.82, 2.24) is 15.0 Å². The molecule has 0 saturated heterocycles. The summed E-state index contributed by atoms with van der Waals surface area (Å²) in [6.45, 7) is 4.16. The molecule has 5 rings (SSSR count). The van der Waals surface area contributed by atoms with Gasteiger partial charge in [-0.15, -0.1) is 0 Å². The van der Waals surface area contributed by atoms with Gasteiger partial charge in [0.2, 0.25) is 17.8 Å². The Bertz CT molecular complexity index is 1340. The van der Waals surface area contributed by atoms with Crippen LogP contribution >= 0.6 is 0 Å². The standard InChI is InChI=1S/C31H30N6/c1-23-15-19-25(20-16-23)35(3)29-32-30(36(4)26-21-17-24(2)18-22-26)34-31(33-29)37(27-11-7-5-8-12-27)28-13-9-6-10-14-28/h5-22H,1-4H3. The van der Waals surface area contributed by atoms with Crippen molar-refractivity contribution in [2.45, 2.75) is 13.8 Å². The highest BCUT2D eigenvalue weighted by molar-refractivity contribution is 5.74. The summed E-state index contributed by atoms with van der Waals surface area (Å²) in [5, 5.41) is 0.